The zero-order chi connectivity index (χ0) is 24.8. The van der Waals surface area contributed by atoms with Crippen LogP contribution < -0.4 is 11.1 Å². The van der Waals surface area contributed by atoms with Crippen molar-refractivity contribution in [3.8, 4) is 11.3 Å². The fraction of sp³-hybridized carbons (Fsp3) is 0.560. The van der Waals surface area contributed by atoms with Gasteiger partial charge in [0.15, 0.2) is 5.82 Å². The monoisotopic (exact) mass is 488 g/mol. The number of pyridine rings is 2. The molecular weight excluding hydrogens is 460 g/mol. The van der Waals surface area contributed by atoms with Crippen LogP contribution in [0.15, 0.2) is 6.07 Å². The van der Waals surface area contributed by atoms with Crippen LogP contribution in [0.4, 0.5) is 23.4 Å². The zero-order valence-electron chi connectivity index (χ0n) is 19.9. The summed E-state index contributed by atoms with van der Waals surface area (Å²) in [6.07, 6.45) is -2.47. The average Bonchev–Trinajstić information content (AvgIpc) is 3.62. The van der Waals surface area contributed by atoms with Crippen LogP contribution in [-0.2, 0) is 12.6 Å². The summed E-state index contributed by atoms with van der Waals surface area (Å²) in [6, 6.07) is 1.15. The lowest BCUT2D eigenvalue weighted by molar-refractivity contribution is -0.137. The number of hydrogen-bond acceptors (Lipinski definition) is 5. The van der Waals surface area contributed by atoms with E-state index in [2.05, 4.69) is 15.3 Å². The van der Waals surface area contributed by atoms with Gasteiger partial charge >= 0.3 is 6.18 Å². The van der Waals surface area contributed by atoms with Gasteiger partial charge in [0.2, 0.25) is 0 Å². The molecule has 6 nitrogen and oxygen atoms in total. The van der Waals surface area contributed by atoms with E-state index >= 15 is 4.39 Å². The highest BCUT2D eigenvalue weighted by Crippen LogP contribution is 2.58. The maximum Gasteiger partial charge on any atom is 0.418 e. The third-order valence-corrected chi connectivity index (χ3v) is 7.55. The fourth-order valence-corrected chi connectivity index (χ4v) is 5.89. The Kier molecular flexibility index (Phi) is 4.94. The van der Waals surface area contributed by atoms with Gasteiger partial charge in [-0.15, -0.1) is 0 Å². The number of halogens is 4. The molecular formula is C25H28F4N6. The van der Waals surface area contributed by atoms with Crippen molar-refractivity contribution in [2.45, 2.75) is 58.2 Å². The first kappa shape index (κ1) is 22.7. The summed E-state index contributed by atoms with van der Waals surface area (Å²) in [7, 11) is 0. The molecule has 0 amide bonds. The van der Waals surface area contributed by atoms with Crippen molar-refractivity contribution >= 4 is 16.7 Å². The Hall–Kier alpha value is -2.75. The van der Waals surface area contributed by atoms with Crippen LogP contribution in [0.25, 0.3) is 22.2 Å². The van der Waals surface area contributed by atoms with Gasteiger partial charge < -0.3 is 11.1 Å². The van der Waals surface area contributed by atoms with E-state index in [0.717, 1.165) is 37.7 Å². The van der Waals surface area contributed by atoms with Crippen molar-refractivity contribution in [2.75, 3.05) is 18.8 Å². The lowest BCUT2D eigenvalue weighted by atomic mass is 9.97. The van der Waals surface area contributed by atoms with E-state index in [1.807, 2.05) is 13.8 Å². The largest absolute Gasteiger partial charge is 0.418 e. The SMILES string of the molecule is Cc1nc(N)cc(-c2nc(CC(C)C)c3c(C4C5CNC[C@@H]54)nn(C4CC4)c3c2F)c1C(F)(F)F. The topological polar surface area (TPSA) is 81.7 Å². The summed E-state index contributed by atoms with van der Waals surface area (Å²) in [5.74, 6) is 0.475. The van der Waals surface area contributed by atoms with Crippen molar-refractivity contribution in [3.05, 3.63) is 34.5 Å². The molecule has 4 heterocycles. The van der Waals surface area contributed by atoms with Crippen molar-refractivity contribution in [1.29, 1.82) is 0 Å². The highest BCUT2D eigenvalue weighted by atomic mass is 19.4. The molecule has 2 aliphatic carbocycles. The number of hydrogen-bond donors (Lipinski definition) is 2. The number of rotatable bonds is 5. The lowest BCUT2D eigenvalue weighted by Gasteiger charge is -2.18. The second-order valence-corrected chi connectivity index (χ2v) is 10.7. The van der Waals surface area contributed by atoms with Gasteiger partial charge in [0.05, 0.1) is 28.7 Å². The van der Waals surface area contributed by atoms with Crippen molar-refractivity contribution in [1.82, 2.24) is 25.1 Å². The van der Waals surface area contributed by atoms with Crippen LogP contribution in [0.1, 0.15) is 61.3 Å². The minimum atomic E-state index is -4.73. The predicted octanol–water partition coefficient (Wildman–Crippen LogP) is 5.01. The summed E-state index contributed by atoms with van der Waals surface area (Å²) in [5.41, 5.74) is 5.57. The molecule has 1 saturated heterocycles. The molecule has 3 aromatic heterocycles. The molecule has 186 valence electrons. The molecule has 0 aromatic carbocycles. The number of piperidine rings is 1. The summed E-state index contributed by atoms with van der Waals surface area (Å²) >= 11 is 0. The summed E-state index contributed by atoms with van der Waals surface area (Å²) in [5, 5.41) is 8.99. The molecule has 0 spiro atoms. The number of anilines is 1. The molecule has 0 bridgehead atoms. The number of nitrogen functional groups attached to an aromatic ring is 1. The van der Waals surface area contributed by atoms with Gasteiger partial charge in [0, 0.05) is 16.9 Å². The second kappa shape index (κ2) is 7.62. The van der Waals surface area contributed by atoms with E-state index < -0.39 is 17.6 Å². The van der Waals surface area contributed by atoms with Crippen LogP contribution in [0, 0.1) is 30.5 Å². The smallest absolute Gasteiger partial charge is 0.384 e. The maximum absolute atomic E-state index is 16.4. The van der Waals surface area contributed by atoms with Crippen LogP contribution >= 0.6 is 0 Å². The molecule has 3 atom stereocenters. The first-order chi connectivity index (χ1) is 16.6. The van der Waals surface area contributed by atoms with Crippen LogP contribution in [0.3, 0.4) is 0 Å². The minimum absolute atomic E-state index is 0.0611. The normalized spacial score (nSPS) is 23.9. The van der Waals surface area contributed by atoms with Gasteiger partial charge in [-0.2, -0.15) is 18.3 Å². The van der Waals surface area contributed by atoms with Crippen LogP contribution in [-0.4, -0.2) is 32.8 Å². The third-order valence-electron chi connectivity index (χ3n) is 7.55. The van der Waals surface area contributed by atoms with Gasteiger partial charge in [0.25, 0.3) is 0 Å². The standard InChI is InChI=1S/C25H28F4N6/c1-10(2)6-16-19-23(18-14-8-31-9-15(14)18)34-35(12-4-5-12)24(19)21(26)22(33-16)13-7-17(30)32-11(3)20(13)25(27,28)29/h7,10,12,14-15,18,31H,4-6,8-9H2,1-3H3,(H2,30,32)/t14-,15?,18?/m0/s1. The maximum atomic E-state index is 16.4. The quantitative estimate of drug-likeness (QED) is 0.494. The Bertz CT molecular complexity index is 1330. The Morgan fingerprint density at radius 2 is 1.86 bits per heavy atom. The molecule has 3 aromatic rings. The highest BCUT2D eigenvalue weighted by molar-refractivity contribution is 5.90. The van der Waals surface area contributed by atoms with Gasteiger partial charge in [0.1, 0.15) is 17.0 Å². The molecule has 1 aliphatic heterocycles. The van der Waals surface area contributed by atoms with Crippen molar-refractivity contribution < 1.29 is 17.6 Å². The average molecular weight is 489 g/mol. The van der Waals surface area contributed by atoms with E-state index in [1.165, 1.54) is 6.92 Å². The van der Waals surface area contributed by atoms with Gasteiger partial charge in [-0.25, -0.2) is 14.4 Å². The van der Waals surface area contributed by atoms with E-state index in [9.17, 15) is 13.2 Å². The zero-order valence-corrected chi connectivity index (χ0v) is 19.9. The molecule has 0 radical (unpaired) electrons. The first-order valence-corrected chi connectivity index (χ1v) is 12.2. The molecule has 2 unspecified atom stereocenters. The molecule has 35 heavy (non-hydrogen) atoms. The number of aromatic nitrogens is 4. The minimum Gasteiger partial charge on any atom is -0.384 e. The Labute approximate surface area is 200 Å². The van der Waals surface area contributed by atoms with Crippen molar-refractivity contribution in [3.63, 3.8) is 0 Å². The molecule has 6 rings (SSSR count). The second-order valence-electron chi connectivity index (χ2n) is 10.7. The molecule has 10 heteroatoms. The van der Waals surface area contributed by atoms with Gasteiger partial charge in [-0.1, -0.05) is 13.8 Å². The lowest BCUT2D eigenvalue weighted by Crippen LogP contribution is -2.15. The highest BCUT2D eigenvalue weighted by Gasteiger charge is 2.56. The fourth-order valence-electron chi connectivity index (χ4n) is 5.89. The summed E-state index contributed by atoms with van der Waals surface area (Å²) in [6.45, 7) is 7.09. The number of aryl methyl sites for hydroxylation is 1. The van der Waals surface area contributed by atoms with Gasteiger partial charge in [-0.05, 0) is 63.1 Å². The molecule has 2 saturated carbocycles. The number of nitrogens with zero attached hydrogens (tertiary/aromatic N) is 4. The third kappa shape index (κ3) is 3.59. The number of fused-ring (bicyclic) bond motifs is 2. The van der Waals surface area contributed by atoms with E-state index in [4.69, 9.17) is 10.8 Å². The number of nitrogens with one attached hydrogen (secondary N) is 1. The van der Waals surface area contributed by atoms with Crippen LogP contribution in [0.5, 0.6) is 0 Å². The Morgan fingerprint density at radius 3 is 2.46 bits per heavy atom. The van der Waals surface area contributed by atoms with Gasteiger partial charge in [-0.3, -0.25) is 4.68 Å². The number of alkyl halides is 3. The molecule has 3 N–H and O–H groups in total. The first-order valence-electron chi connectivity index (χ1n) is 12.2. The van der Waals surface area contributed by atoms with Crippen LogP contribution in [0.2, 0.25) is 0 Å². The molecule has 3 aliphatic rings. The van der Waals surface area contributed by atoms with E-state index in [1.54, 1.807) is 4.68 Å². The predicted molar refractivity (Wildman–Crippen MR) is 124 cm³/mol. The molecule has 3 fully saturated rings. The summed E-state index contributed by atoms with van der Waals surface area (Å²) < 4.78 is 60.4. The Balaban J connectivity index is 1.65. The Morgan fingerprint density at radius 1 is 1.17 bits per heavy atom. The number of nitrogens with two attached hydrogens (primary N) is 1. The van der Waals surface area contributed by atoms with Crippen molar-refractivity contribution in [2.24, 2.45) is 17.8 Å². The van der Waals surface area contributed by atoms with E-state index in [-0.39, 0.29) is 46.2 Å². The van der Waals surface area contributed by atoms with E-state index in [0.29, 0.717) is 29.3 Å². The summed E-state index contributed by atoms with van der Waals surface area (Å²) in [4.78, 5) is 8.39.